The molecule has 0 radical (unpaired) electrons. The van der Waals surface area contributed by atoms with Crippen LogP contribution in [0.15, 0.2) is 24.3 Å². The molecule has 0 fully saturated rings. The van der Waals surface area contributed by atoms with E-state index in [-0.39, 0.29) is 5.91 Å². The van der Waals surface area contributed by atoms with Crippen molar-refractivity contribution >= 4 is 27.3 Å². The van der Waals surface area contributed by atoms with Crippen molar-refractivity contribution in [1.29, 1.82) is 0 Å². The van der Waals surface area contributed by atoms with E-state index in [4.69, 9.17) is 10.6 Å². The van der Waals surface area contributed by atoms with Gasteiger partial charge in [0.1, 0.15) is 0 Å². The van der Waals surface area contributed by atoms with Crippen molar-refractivity contribution in [1.82, 2.24) is 10.3 Å². The van der Waals surface area contributed by atoms with E-state index in [0.29, 0.717) is 4.88 Å². The van der Waals surface area contributed by atoms with Gasteiger partial charge in [-0.05, 0) is 30.5 Å². The lowest BCUT2D eigenvalue weighted by atomic mass is 10.1. The number of thiophene rings is 1. The van der Waals surface area contributed by atoms with Crippen LogP contribution in [0.25, 0.3) is 10.1 Å². The molecule has 0 bridgehead atoms. The number of nitrogens with zero attached hydrogens (tertiary/aromatic N) is 1. The summed E-state index contributed by atoms with van der Waals surface area (Å²) in [6.07, 6.45) is 0.966. The highest BCUT2D eigenvalue weighted by molar-refractivity contribution is 7.21. The van der Waals surface area contributed by atoms with E-state index in [2.05, 4.69) is 16.4 Å². The number of hydrogen-bond acceptors (Lipinski definition) is 5. The molecular formula is C15H21N3O2S. The molecule has 6 heteroatoms. The number of fused-ring (bicyclic) bond motifs is 1. The molecule has 0 unspecified atom stereocenters. The summed E-state index contributed by atoms with van der Waals surface area (Å²) >= 11 is 1.48. The Morgan fingerprint density at radius 2 is 2.19 bits per heavy atom. The van der Waals surface area contributed by atoms with Crippen LogP contribution in [0.3, 0.4) is 0 Å². The van der Waals surface area contributed by atoms with Gasteiger partial charge in [0.25, 0.3) is 5.91 Å². The third kappa shape index (κ3) is 3.79. The Labute approximate surface area is 128 Å². The van der Waals surface area contributed by atoms with Gasteiger partial charge in [-0.2, -0.15) is 0 Å². The zero-order valence-electron chi connectivity index (χ0n) is 12.4. The summed E-state index contributed by atoms with van der Waals surface area (Å²) in [6.45, 7) is 2.38. The van der Waals surface area contributed by atoms with Crippen molar-refractivity contribution < 1.29 is 9.53 Å². The van der Waals surface area contributed by atoms with E-state index in [1.165, 1.54) is 11.3 Å². The number of carbonyl (C=O) groups is 1. The van der Waals surface area contributed by atoms with Gasteiger partial charge in [-0.15, -0.1) is 11.3 Å². The first kappa shape index (κ1) is 15.9. The standard InChI is InChI=1S/C15H21N3O2S/c1-18(8-5-9-20-2)10-12-11-6-3-4-7-13(11)21-14(12)15(19)17-16/h3-4,6-7H,5,8-10,16H2,1-2H3,(H,17,19). The van der Waals surface area contributed by atoms with Gasteiger partial charge in [-0.1, -0.05) is 18.2 Å². The molecule has 21 heavy (non-hydrogen) atoms. The Balaban J connectivity index is 2.25. The fourth-order valence-electron chi connectivity index (χ4n) is 2.33. The molecule has 0 aliphatic heterocycles. The van der Waals surface area contributed by atoms with Crippen molar-refractivity contribution in [3.63, 3.8) is 0 Å². The Morgan fingerprint density at radius 3 is 2.90 bits per heavy atom. The van der Waals surface area contributed by atoms with E-state index in [0.717, 1.165) is 41.8 Å². The molecule has 114 valence electrons. The van der Waals surface area contributed by atoms with E-state index in [1.54, 1.807) is 7.11 Å². The first-order valence-corrected chi connectivity index (χ1v) is 7.68. The monoisotopic (exact) mass is 307 g/mol. The fraction of sp³-hybridized carbons (Fsp3) is 0.400. The molecular weight excluding hydrogens is 286 g/mol. The van der Waals surface area contributed by atoms with Crippen LogP contribution in [0.4, 0.5) is 0 Å². The first-order chi connectivity index (χ1) is 10.2. The summed E-state index contributed by atoms with van der Waals surface area (Å²) in [5.41, 5.74) is 3.28. The van der Waals surface area contributed by atoms with Crippen molar-refractivity contribution in [2.75, 3.05) is 27.3 Å². The van der Waals surface area contributed by atoms with E-state index in [9.17, 15) is 4.79 Å². The van der Waals surface area contributed by atoms with E-state index >= 15 is 0 Å². The number of nitrogens with two attached hydrogens (primary N) is 1. The van der Waals surface area contributed by atoms with Crippen LogP contribution in [0.1, 0.15) is 21.7 Å². The molecule has 1 aromatic carbocycles. The SMILES string of the molecule is COCCCN(C)Cc1c(C(=O)NN)sc2ccccc12. The van der Waals surface area contributed by atoms with Crippen LogP contribution < -0.4 is 11.3 Å². The molecule has 0 saturated carbocycles. The molecule has 2 rings (SSSR count). The number of nitrogen functional groups attached to an aromatic ring is 1. The van der Waals surface area contributed by atoms with Gasteiger partial charge in [0.15, 0.2) is 0 Å². The molecule has 0 aliphatic rings. The van der Waals surface area contributed by atoms with Crippen LogP contribution in [0, 0.1) is 0 Å². The predicted octanol–water partition coefficient (Wildman–Crippen LogP) is 1.97. The molecule has 5 nitrogen and oxygen atoms in total. The summed E-state index contributed by atoms with van der Waals surface area (Å²) in [5.74, 6) is 5.08. The number of hydrogen-bond donors (Lipinski definition) is 2. The molecule has 1 heterocycles. The average molecular weight is 307 g/mol. The number of nitrogens with one attached hydrogen (secondary N) is 1. The molecule has 0 saturated heterocycles. The van der Waals surface area contributed by atoms with Gasteiger partial charge in [0.2, 0.25) is 0 Å². The lowest BCUT2D eigenvalue weighted by molar-refractivity contribution is 0.0956. The molecule has 1 amide bonds. The fourth-order valence-corrected chi connectivity index (χ4v) is 3.45. The lowest BCUT2D eigenvalue weighted by Crippen LogP contribution is -2.30. The van der Waals surface area contributed by atoms with Crippen molar-refractivity contribution in [3.8, 4) is 0 Å². The Morgan fingerprint density at radius 1 is 1.43 bits per heavy atom. The zero-order chi connectivity index (χ0) is 15.2. The lowest BCUT2D eigenvalue weighted by Gasteiger charge is -2.17. The van der Waals surface area contributed by atoms with Gasteiger partial charge in [0.05, 0.1) is 4.88 Å². The quantitative estimate of drug-likeness (QED) is 0.355. The molecule has 0 atom stereocenters. The first-order valence-electron chi connectivity index (χ1n) is 6.86. The highest BCUT2D eigenvalue weighted by atomic mass is 32.1. The van der Waals surface area contributed by atoms with E-state index in [1.807, 2.05) is 25.2 Å². The predicted molar refractivity (Wildman–Crippen MR) is 86.3 cm³/mol. The van der Waals surface area contributed by atoms with Crippen molar-refractivity contribution in [2.45, 2.75) is 13.0 Å². The summed E-state index contributed by atoms with van der Waals surface area (Å²) in [7, 11) is 3.75. The number of benzene rings is 1. The second kappa shape index (κ2) is 7.51. The summed E-state index contributed by atoms with van der Waals surface area (Å²) in [4.78, 5) is 14.9. The van der Waals surface area contributed by atoms with Crippen molar-refractivity contribution in [3.05, 3.63) is 34.7 Å². The second-order valence-electron chi connectivity index (χ2n) is 4.96. The maximum atomic E-state index is 12.0. The third-order valence-electron chi connectivity index (χ3n) is 3.35. The number of ether oxygens (including phenoxy) is 1. The normalized spacial score (nSPS) is 11.2. The minimum absolute atomic E-state index is 0.225. The van der Waals surface area contributed by atoms with Gasteiger partial charge >= 0.3 is 0 Å². The number of amides is 1. The summed E-state index contributed by atoms with van der Waals surface area (Å²) < 4.78 is 6.18. The molecule has 2 aromatic rings. The number of hydrazine groups is 1. The maximum absolute atomic E-state index is 12.0. The minimum Gasteiger partial charge on any atom is -0.385 e. The Kier molecular flexibility index (Phi) is 5.69. The second-order valence-corrected chi connectivity index (χ2v) is 6.02. The van der Waals surface area contributed by atoms with Crippen LogP contribution in [-0.2, 0) is 11.3 Å². The van der Waals surface area contributed by atoms with Crippen LogP contribution in [-0.4, -0.2) is 38.1 Å². The number of carbonyl (C=O) groups excluding carboxylic acids is 1. The number of methoxy groups -OCH3 is 1. The third-order valence-corrected chi connectivity index (χ3v) is 4.56. The Bertz CT molecular complexity index is 612. The molecule has 0 aliphatic carbocycles. The number of rotatable bonds is 7. The summed E-state index contributed by atoms with van der Waals surface area (Å²) in [6, 6.07) is 8.06. The highest BCUT2D eigenvalue weighted by Gasteiger charge is 2.18. The van der Waals surface area contributed by atoms with Crippen LogP contribution >= 0.6 is 11.3 Å². The van der Waals surface area contributed by atoms with Gasteiger partial charge in [-0.25, -0.2) is 5.84 Å². The zero-order valence-corrected chi connectivity index (χ0v) is 13.2. The van der Waals surface area contributed by atoms with E-state index < -0.39 is 0 Å². The maximum Gasteiger partial charge on any atom is 0.275 e. The largest absolute Gasteiger partial charge is 0.385 e. The molecule has 1 aromatic heterocycles. The topological polar surface area (TPSA) is 67.6 Å². The molecule has 0 spiro atoms. The van der Waals surface area contributed by atoms with Crippen LogP contribution in [0.5, 0.6) is 0 Å². The van der Waals surface area contributed by atoms with Gasteiger partial charge < -0.3 is 9.64 Å². The smallest absolute Gasteiger partial charge is 0.275 e. The summed E-state index contributed by atoms with van der Waals surface area (Å²) in [5, 5.41) is 1.12. The average Bonchev–Trinajstić information content (AvgIpc) is 2.85. The minimum atomic E-state index is -0.225. The highest BCUT2D eigenvalue weighted by Crippen LogP contribution is 2.32. The van der Waals surface area contributed by atoms with Crippen LogP contribution in [0.2, 0.25) is 0 Å². The molecule has 3 N–H and O–H groups in total. The van der Waals surface area contributed by atoms with Crippen molar-refractivity contribution in [2.24, 2.45) is 5.84 Å². The van der Waals surface area contributed by atoms with Gasteiger partial charge in [-0.3, -0.25) is 10.2 Å². The Hall–Kier alpha value is -1.47. The van der Waals surface area contributed by atoms with Gasteiger partial charge in [0, 0.05) is 31.5 Å².